The molecule has 0 radical (unpaired) electrons. The van der Waals surface area contributed by atoms with Crippen molar-refractivity contribution in [3.63, 3.8) is 0 Å². The van der Waals surface area contributed by atoms with Gasteiger partial charge >= 0.3 is 5.97 Å². The number of nitrogens with two attached hydrogens (primary N) is 1. The highest BCUT2D eigenvalue weighted by atomic mass is 32.2. The van der Waals surface area contributed by atoms with Crippen molar-refractivity contribution in [1.82, 2.24) is 0 Å². The normalized spacial score (nSPS) is 28.1. The fourth-order valence-corrected chi connectivity index (χ4v) is 4.85. The van der Waals surface area contributed by atoms with Gasteiger partial charge in [-0.15, -0.1) is 0 Å². The van der Waals surface area contributed by atoms with Crippen LogP contribution in [0.4, 0.5) is 0 Å². The van der Waals surface area contributed by atoms with E-state index >= 15 is 0 Å². The summed E-state index contributed by atoms with van der Waals surface area (Å²) in [7, 11) is -3.46. The van der Waals surface area contributed by atoms with Crippen LogP contribution in [-0.4, -0.2) is 38.5 Å². The third kappa shape index (κ3) is 4.45. The van der Waals surface area contributed by atoms with Crippen LogP contribution in [0.15, 0.2) is 0 Å². The minimum absolute atomic E-state index is 0.0257. The fraction of sp³-hybridized carbons (Fsp3) is 0.923. The molecule has 0 aromatic rings. The number of esters is 1. The van der Waals surface area contributed by atoms with Crippen LogP contribution in [0.25, 0.3) is 0 Å². The van der Waals surface area contributed by atoms with Crippen LogP contribution in [0.5, 0.6) is 0 Å². The topological polar surface area (TPSA) is 86.5 Å². The predicted octanol–water partition coefficient (Wildman–Crippen LogP) is 1.12. The van der Waals surface area contributed by atoms with E-state index in [0.717, 1.165) is 19.3 Å². The standard InChI is InChI=1S/C13H25NO4S/c1-3-10-5-6-11(8-14)12(7-10)19(16,17)9-13(15)18-4-2/h10-12H,3-9,14H2,1-2H3. The molecule has 3 unspecified atom stereocenters. The number of sulfone groups is 1. The summed E-state index contributed by atoms with van der Waals surface area (Å²) in [4.78, 5) is 11.4. The monoisotopic (exact) mass is 291 g/mol. The zero-order chi connectivity index (χ0) is 14.5. The highest BCUT2D eigenvalue weighted by Crippen LogP contribution is 2.34. The van der Waals surface area contributed by atoms with Gasteiger partial charge in [0.05, 0.1) is 11.9 Å². The SMILES string of the molecule is CCOC(=O)CS(=O)(=O)C1CC(CC)CCC1CN. The molecule has 0 saturated heterocycles. The van der Waals surface area contributed by atoms with E-state index in [0.29, 0.717) is 18.9 Å². The van der Waals surface area contributed by atoms with Crippen molar-refractivity contribution >= 4 is 15.8 Å². The Labute approximate surface area is 115 Å². The van der Waals surface area contributed by atoms with Crippen molar-refractivity contribution in [2.75, 3.05) is 18.9 Å². The molecule has 0 heterocycles. The maximum Gasteiger partial charge on any atom is 0.321 e. The second kappa shape index (κ2) is 7.24. The molecule has 0 bridgehead atoms. The number of ether oxygens (including phenoxy) is 1. The predicted molar refractivity (Wildman–Crippen MR) is 74.4 cm³/mol. The van der Waals surface area contributed by atoms with Gasteiger partial charge in [0.1, 0.15) is 5.75 Å². The Morgan fingerprint density at radius 2 is 2.00 bits per heavy atom. The van der Waals surface area contributed by atoms with Crippen LogP contribution < -0.4 is 5.73 Å². The molecule has 1 aliphatic rings. The quantitative estimate of drug-likeness (QED) is 0.741. The summed E-state index contributed by atoms with van der Waals surface area (Å²) in [6, 6.07) is 0. The Morgan fingerprint density at radius 3 is 2.53 bits per heavy atom. The fourth-order valence-electron chi connectivity index (χ4n) is 2.83. The molecule has 2 N–H and O–H groups in total. The molecule has 1 rings (SSSR count). The summed E-state index contributed by atoms with van der Waals surface area (Å²) >= 11 is 0. The van der Waals surface area contributed by atoms with Crippen LogP contribution in [0.2, 0.25) is 0 Å². The summed E-state index contributed by atoms with van der Waals surface area (Å²) in [6.07, 6.45) is 3.47. The third-order valence-corrected chi connectivity index (χ3v) is 6.14. The van der Waals surface area contributed by atoms with Crippen molar-refractivity contribution in [3.8, 4) is 0 Å². The first-order valence-corrected chi connectivity index (χ1v) is 8.73. The number of carbonyl (C=O) groups is 1. The third-order valence-electron chi connectivity index (χ3n) is 4.00. The number of rotatable bonds is 6. The van der Waals surface area contributed by atoms with Crippen molar-refractivity contribution < 1.29 is 17.9 Å². The Hall–Kier alpha value is -0.620. The summed E-state index contributed by atoms with van der Waals surface area (Å²) in [6.45, 7) is 4.31. The number of carbonyl (C=O) groups excluding carboxylic acids is 1. The molecule has 5 nitrogen and oxygen atoms in total. The Balaban J connectivity index is 2.79. The summed E-state index contributed by atoms with van der Waals surface area (Å²) in [5.74, 6) is -0.776. The maximum absolute atomic E-state index is 12.3. The lowest BCUT2D eigenvalue weighted by Crippen LogP contribution is -2.42. The molecule has 0 aromatic carbocycles. The minimum atomic E-state index is -3.46. The zero-order valence-electron chi connectivity index (χ0n) is 11.8. The van der Waals surface area contributed by atoms with Crippen LogP contribution in [0.1, 0.15) is 39.5 Å². The van der Waals surface area contributed by atoms with Gasteiger partial charge in [0, 0.05) is 0 Å². The molecule has 0 amide bonds. The van der Waals surface area contributed by atoms with Gasteiger partial charge in [0.2, 0.25) is 0 Å². The molecule has 1 fully saturated rings. The highest BCUT2D eigenvalue weighted by Gasteiger charge is 2.38. The van der Waals surface area contributed by atoms with Gasteiger partial charge in [0.25, 0.3) is 0 Å². The molecule has 0 aromatic heterocycles. The van der Waals surface area contributed by atoms with Gasteiger partial charge in [-0.1, -0.05) is 19.8 Å². The van der Waals surface area contributed by atoms with E-state index in [4.69, 9.17) is 10.5 Å². The van der Waals surface area contributed by atoms with Crippen molar-refractivity contribution in [3.05, 3.63) is 0 Å². The van der Waals surface area contributed by atoms with Crippen molar-refractivity contribution in [2.24, 2.45) is 17.6 Å². The Bertz CT molecular complexity index is 393. The van der Waals surface area contributed by atoms with E-state index in [1.165, 1.54) is 0 Å². The largest absolute Gasteiger partial charge is 0.465 e. The lowest BCUT2D eigenvalue weighted by molar-refractivity contribution is -0.139. The van der Waals surface area contributed by atoms with E-state index in [9.17, 15) is 13.2 Å². The molecule has 3 atom stereocenters. The molecule has 1 saturated carbocycles. The van der Waals surface area contributed by atoms with E-state index < -0.39 is 26.8 Å². The van der Waals surface area contributed by atoms with Crippen molar-refractivity contribution in [2.45, 2.75) is 44.8 Å². The lowest BCUT2D eigenvalue weighted by atomic mass is 9.80. The Kier molecular flexibility index (Phi) is 6.26. The number of hydrogen-bond acceptors (Lipinski definition) is 5. The van der Waals surface area contributed by atoms with Crippen LogP contribution >= 0.6 is 0 Å². The van der Waals surface area contributed by atoms with E-state index in [-0.39, 0.29) is 12.5 Å². The van der Waals surface area contributed by atoms with Crippen LogP contribution in [-0.2, 0) is 19.4 Å². The summed E-state index contributed by atoms with van der Waals surface area (Å²) in [5, 5.41) is -0.486. The summed E-state index contributed by atoms with van der Waals surface area (Å²) in [5.41, 5.74) is 5.69. The van der Waals surface area contributed by atoms with Gasteiger partial charge in [0.15, 0.2) is 9.84 Å². The van der Waals surface area contributed by atoms with Gasteiger partial charge in [-0.25, -0.2) is 8.42 Å². The van der Waals surface area contributed by atoms with E-state index in [1.807, 2.05) is 0 Å². The first kappa shape index (κ1) is 16.4. The smallest absolute Gasteiger partial charge is 0.321 e. The second-order valence-electron chi connectivity index (χ2n) is 5.23. The Morgan fingerprint density at radius 1 is 1.32 bits per heavy atom. The highest BCUT2D eigenvalue weighted by molar-refractivity contribution is 7.92. The molecule has 0 aliphatic heterocycles. The minimum Gasteiger partial charge on any atom is -0.465 e. The van der Waals surface area contributed by atoms with Crippen molar-refractivity contribution in [1.29, 1.82) is 0 Å². The lowest BCUT2D eigenvalue weighted by Gasteiger charge is -2.34. The molecule has 19 heavy (non-hydrogen) atoms. The van der Waals surface area contributed by atoms with Gasteiger partial charge in [-0.2, -0.15) is 0 Å². The van der Waals surface area contributed by atoms with Gasteiger partial charge in [-0.05, 0) is 38.1 Å². The van der Waals surface area contributed by atoms with Crippen LogP contribution in [0, 0.1) is 11.8 Å². The molecule has 1 aliphatic carbocycles. The molecular formula is C13H25NO4S. The van der Waals surface area contributed by atoms with Crippen LogP contribution in [0.3, 0.4) is 0 Å². The first-order valence-electron chi connectivity index (χ1n) is 7.01. The van der Waals surface area contributed by atoms with Gasteiger partial charge < -0.3 is 10.5 Å². The average molecular weight is 291 g/mol. The summed E-state index contributed by atoms with van der Waals surface area (Å²) < 4.78 is 29.4. The van der Waals surface area contributed by atoms with E-state index in [2.05, 4.69) is 6.92 Å². The number of hydrogen-bond donors (Lipinski definition) is 1. The van der Waals surface area contributed by atoms with E-state index in [1.54, 1.807) is 6.92 Å². The second-order valence-corrected chi connectivity index (χ2v) is 7.45. The molecular weight excluding hydrogens is 266 g/mol. The molecule has 112 valence electrons. The molecule has 6 heteroatoms. The van der Waals surface area contributed by atoms with Gasteiger partial charge in [-0.3, -0.25) is 4.79 Å². The zero-order valence-corrected chi connectivity index (χ0v) is 12.6. The first-order chi connectivity index (χ1) is 8.94. The maximum atomic E-state index is 12.3. The molecule has 0 spiro atoms. The average Bonchev–Trinajstić information content (AvgIpc) is 2.37.